The van der Waals surface area contributed by atoms with E-state index < -0.39 is 0 Å². The van der Waals surface area contributed by atoms with Crippen LogP contribution in [0.1, 0.15) is 44.6 Å². The monoisotopic (exact) mass is 388 g/mol. The molecule has 0 atom stereocenters. The van der Waals surface area contributed by atoms with E-state index in [1.165, 1.54) is 0 Å². The molecule has 0 N–H and O–H groups in total. The van der Waals surface area contributed by atoms with Crippen LogP contribution in [0.3, 0.4) is 0 Å². The number of benzene rings is 1. The van der Waals surface area contributed by atoms with Gasteiger partial charge in [0.05, 0.1) is 6.10 Å². The summed E-state index contributed by atoms with van der Waals surface area (Å²) in [6.07, 6.45) is 4.82. The molecule has 1 aromatic carbocycles. The lowest BCUT2D eigenvalue weighted by Gasteiger charge is -2.37. The van der Waals surface area contributed by atoms with Crippen LogP contribution in [0.15, 0.2) is 30.3 Å². The highest BCUT2D eigenvalue weighted by Crippen LogP contribution is 2.28. The predicted octanol–water partition coefficient (Wildman–Crippen LogP) is 3.45. The van der Waals surface area contributed by atoms with Crippen LogP contribution in [0.2, 0.25) is 0 Å². The highest BCUT2D eigenvalue weighted by Gasteiger charge is 2.32. The van der Waals surface area contributed by atoms with Gasteiger partial charge >= 0.3 is 6.09 Å². The summed E-state index contributed by atoms with van der Waals surface area (Å²) in [4.78, 5) is 28.7. The Balaban J connectivity index is 1.37. The van der Waals surface area contributed by atoms with Crippen molar-refractivity contribution in [1.82, 2.24) is 9.80 Å². The normalized spacial score (nSPS) is 22.8. The van der Waals surface area contributed by atoms with E-state index in [2.05, 4.69) is 6.92 Å². The van der Waals surface area contributed by atoms with Crippen molar-refractivity contribution in [2.45, 2.75) is 51.7 Å². The summed E-state index contributed by atoms with van der Waals surface area (Å²) >= 11 is 0. The summed E-state index contributed by atoms with van der Waals surface area (Å²) in [5.74, 6) is 0.351. The highest BCUT2D eigenvalue weighted by molar-refractivity contribution is 5.79. The second-order valence-electron chi connectivity index (χ2n) is 7.70. The van der Waals surface area contributed by atoms with E-state index >= 15 is 0 Å². The fraction of sp³-hybridized carbons (Fsp3) is 0.636. The van der Waals surface area contributed by atoms with Gasteiger partial charge in [0, 0.05) is 38.7 Å². The van der Waals surface area contributed by atoms with Gasteiger partial charge in [-0.15, -0.1) is 0 Å². The van der Waals surface area contributed by atoms with Gasteiger partial charge in [0.25, 0.3) is 0 Å². The molecular weight excluding hydrogens is 356 g/mol. The van der Waals surface area contributed by atoms with E-state index in [9.17, 15) is 9.59 Å². The summed E-state index contributed by atoms with van der Waals surface area (Å²) in [5.41, 5.74) is 0.975. The van der Waals surface area contributed by atoms with Crippen LogP contribution in [-0.4, -0.2) is 60.7 Å². The maximum absolute atomic E-state index is 12.8. The second-order valence-corrected chi connectivity index (χ2v) is 7.70. The first kappa shape index (κ1) is 20.6. The Hall–Kier alpha value is -2.08. The molecule has 2 fully saturated rings. The number of nitrogens with zero attached hydrogens (tertiary/aromatic N) is 2. The van der Waals surface area contributed by atoms with E-state index in [1.807, 2.05) is 35.2 Å². The van der Waals surface area contributed by atoms with Crippen LogP contribution in [-0.2, 0) is 20.9 Å². The molecule has 28 heavy (non-hydrogen) atoms. The molecule has 1 heterocycles. The minimum atomic E-state index is -0.301. The van der Waals surface area contributed by atoms with Gasteiger partial charge in [0.1, 0.15) is 6.61 Å². The molecule has 2 aliphatic rings. The Labute approximate surface area is 167 Å². The van der Waals surface area contributed by atoms with Gasteiger partial charge in [0.2, 0.25) is 5.91 Å². The molecule has 3 rings (SSSR count). The minimum Gasteiger partial charge on any atom is -0.445 e. The van der Waals surface area contributed by atoms with E-state index in [0.717, 1.165) is 44.3 Å². The van der Waals surface area contributed by atoms with Crippen LogP contribution in [0.5, 0.6) is 0 Å². The summed E-state index contributed by atoms with van der Waals surface area (Å²) in [5, 5.41) is 0. The molecular formula is C22H32N2O4. The van der Waals surface area contributed by atoms with Crippen molar-refractivity contribution in [2.24, 2.45) is 5.92 Å². The number of carbonyl (C=O) groups excluding carboxylic acids is 2. The van der Waals surface area contributed by atoms with Gasteiger partial charge in [0.15, 0.2) is 0 Å². The molecule has 1 aliphatic heterocycles. The largest absolute Gasteiger partial charge is 0.445 e. The molecule has 0 bridgehead atoms. The molecule has 154 valence electrons. The molecule has 2 amide bonds. The third-order valence-corrected chi connectivity index (χ3v) is 5.64. The molecule has 1 saturated heterocycles. The summed E-state index contributed by atoms with van der Waals surface area (Å²) in [6, 6.07) is 9.66. The van der Waals surface area contributed by atoms with Crippen LogP contribution in [0.25, 0.3) is 0 Å². The fourth-order valence-electron chi connectivity index (χ4n) is 3.94. The van der Waals surface area contributed by atoms with Gasteiger partial charge in [-0.1, -0.05) is 37.3 Å². The zero-order valence-electron chi connectivity index (χ0n) is 16.8. The predicted molar refractivity (Wildman–Crippen MR) is 107 cm³/mol. The Morgan fingerprint density at radius 2 is 1.61 bits per heavy atom. The number of hydrogen-bond acceptors (Lipinski definition) is 4. The first-order chi connectivity index (χ1) is 13.7. The summed E-state index contributed by atoms with van der Waals surface area (Å²) in [7, 11) is 0. The first-order valence-electron chi connectivity index (χ1n) is 10.5. The van der Waals surface area contributed by atoms with Crippen molar-refractivity contribution in [2.75, 3.05) is 32.8 Å². The standard InChI is InChI=1S/C22H32N2O4/c1-2-16-27-20-10-8-19(9-11-20)21(25)23-12-14-24(15-13-23)22(26)28-17-18-6-4-3-5-7-18/h3-7,19-20H,2,8-17H2,1H3/t19-,20+. The molecule has 1 aromatic rings. The van der Waals surface area contributed by atoms with Crippen LogP contribution in [0.4, 0.5) is 4.79 Å². The van der Waals surface area contributed by atoms with Gasteiger partial charge < -0.3 is 19.3 Å². The number of ether oxygens (including phenoxy) is 2. The molecule has 0 spiro atoms. The highest BCUT2D eigenvalue weighted by atomic mass is 16.6. The van der Waals surface area contributed by atoms with E-state index in [-0.39, 0.29) is 24.5 Å². The third kappa shape index (κ3) is 5.71. The number of hydrogen-bond donors (Lipinski definition) is 0. The third-order valence-electron chi connectivity index (χ3n) is 5.64. The van der Waals surface area contributed by atoms with Gasteiger partial charge in [-0.3, -0.25) is 4.79 Å². The number of piperazine rings is 1. The van der Waals surface area contributed by atoms with Crippen LogP contribution >= 0.6 is 0 Å². The van der Waals surface area contributed by atoms with Crippen molar-refractivity contribution in [3.8, 4) is 0 Å². The number of rotatable bonds is 6. The Kier molecular flexibility index (Phi) is 7.71. The molecule has 0 aromatic heterocycles. The zero-order valence-corrected chi connectivity index (χ0v) is 16.8. The molecule has 0 radical (unpaired) electrons. The Morgan fingerprint density at radius 1 is 0.964 bits per heavy atom. The second kappa shape index (κ2) is 10.5. The van der Waals surface area contributed by atoms with Crippen LogP contribution < -0.4 is 0 Å². The van der Waals surface area contributed by atoms with E-state index in [1.54, 1.807) is 4.90 Å². The average molecular weight is 389 g/mol. The number of carbonyl (C=O) groups is 2. The zero-order chi connectivity index (χ0) is 19.8. The van der Waals surface area contributed by atoms with Crippen molar-refractivity contribution in [1.29, 1.82) is 0 Å². The van der Waals surface area contributed by atoms with Crippen molar-refractivity contribution < 1.29 is 19.1 Å². The first-order valence-corrected chi connectivity index (χ1v) is 10.5. The lowest BCUT2D eigenvalue weighted by Crippen LogP contribution is -2.52. The van der Waals surface area contributed by atoms with Gasteiger partial charge in [-0.25, -0.2) is 4.79 Å². The lowest BCUT2D eigenvalue weighted by molar-refractivity contribution is -0.139. The van der Waals surface area contributed by atoms with E-state index in [4.69, 9.17) is 9.47 Å². The SMILES string of the molecule is CCCO[C@H]1CC[C@@H](C(=O)N2CCN(C(=O)OCc3ccccc3)CC2)CC1. The lowest BCUT2D eigenvalue weighted by atomic mass is 9.86. The summed E-state index contributed by atoms with van der Waals surface area (Å²) < 4.78 is 11.2. The molecule has 0 unspecified atom stereocenters. The average Bonchev–Trinajstić information content (AvgIpc) is 2.76. The molecule has 6 heteroatoms. The Morgan fingerprint density at radius 3 is 2.25 bits per heavy atom. The minimum absolute atomic E-state index is 0.109. The summed E-state index contributed by atoms with van der Waals surface area (Å²) in [6.45, 7) is 5.46. The van der Waals surface area contributed by atoms with Crippen molar-refractivity contribution >= 4 is 12.0 Å². The number of amides is 2. The fourth-order valence-corrected chi connectivity index (χ4v) is 3.94. The smallest absolute Gasteiger partial charge is 0.410 e. The molecule has 1 aliphatic carbocycles. The van der Waals surface area contributed by atoms with Gasteiger partial charge in [-0.05, 0) is 37.7 Å². The van der Waals surface area contributed by atoms with Crippen molar-refractivity contribution in [3.05, 3.63) is 35.9 Å². The quantitative estimate of drug-likeness (QED) is 0.749. The maximum atomic E-state index is 12.8. The van der Waals surface area contributed by atoms with Gasteiger partial charge in [-0.2, -0.15) is 0 Å². The molecule has 1 saturated carbocycles. The van der Waals surface area contributed by atoms with Crippen LogP contribution in [0, 0.1) is 5.92 Å². The molecule has 6 nitrogen and oxygen atoms in total. The van der Waals surface area contributed by atoms with E-state index in [0.29, 0.717) is 32.3 Å². The Bertz CT molecular complexity index is 621. The van der Waals surface area contributed by atoms with Crippen molar-refractivity contribution in [3.63, 3.8) is 0 Å². The maximum Gasteiger partial charge on any atom is 0.410 e. The topological polar surface area (TPSA) is 59.1 Å².